The molecule has 136 valence electrons. The second kappa shape index (κ2) is 8.50. The molecular formula is C21H30N2O2. The number of amides is 2. The Morgan fingerprint density at radius 1 is 0.960 bits per heavy atom. The maximum absolute atomic E-state index is 12.7. The first-order valence-electron chi connectivity index (χ1n) is 9.73. The topological polar surface area (TPSA) is 49.4 Å². The van der Waals surface area contributed by atoms with Crippen LogP contribution >= 0.6 is 0 Å². The van der Waals surface area contributed by atoms with E-state index in [0.717, 1.165) is 44.1 Å². The predicted octanol–water partition coefficient (Wildman–Crippen LogP) is 3.51. The normalized spacial score (nSPS) is 24.0. The van der Waals surface area contributed by atoms with Crippen LogP contribution in [-0.2, 0) is 16.1 Å². The highest BCUT2D eigenvalue weighted by atomic mass is 16.2. The molecule has 0 saturated heterocycles. The molecule has 0 heterocycles. The molecule has 0 aliphatic heterocycles. The van der Waals surface area contributed by atoms with Gasteiger partial charge in [-0.25, -0.2) is 0 Å². The zero-order valence-corrected chi connectivity index (χ0v) is 15.2. The lowest BCUT2D eigenvalue weighted by atomic mass is 9.80. The minimum atomic E-state index is 0.0734. The van der Waals surface area contributed by atoms with Crippen LogP contribution in [0.1, 0.15) is 56.9 Å². The molecule has 0 bridgehead atoms. The Morgan fingerprint density at radius 3 is 2.20 bits per heavy atom. The highest BCUT2D eigenvalue weighted by Gasteiger charge is 2.32. The van der Waals surface area contributed by atoms with Crippen molar-refractivity contribution in [3.05, 3.63) is 35.9 Å². The van der Waals surface area contributed by atoms with Crippen LogP contribution in [0.5, 0.6) is 0 Å². The van der Waals surface area contributed by atoms with Crippen LogP contribution in [0.3, 0.4) is 0 Å². The highest BCUT2D eigenvalue weighted by Crippen LogP contribution is 2.31. The van der Waals surface area contributed by atoms with Crippen molar-refractivity contribution >= 4 is 11.8 Å². The number of rotatable bonds is 5. The van der Waals surface area contributed by atoms with Gasteiger partial charge in [0.15, 0.2) is 0 Å². The zero-order chi connectivity index (χ0) is 17.6. The van der Waals surface area contributed by atoms with Gasteiger partial charge in [-0.1, -0.05) is 43.2 Å². The summed E-state index contributed by atoms with van der Waals surface area (Å²) in [5, 5.41) is 3.21. The molecule has 0 radical (unpaired) electrons. The van der Waals surface area contributed by atoms with Gasteiger partial charge in [0.25, 0.3) is 0 Å². The van der Waals surface area contributed by atoms with Crippen molar-refractivity contribution in [1.82, 2.24) is 10.2 Å². The van der Waals surface area contributed by atoms with Gasteiger partial charge in [-0.3, -0.25) is 9.59 Å². The second-order valence-corrected chi connectivity index (χ2v) is 7.72. The van der Waals surface area contributed by atoms with Gasteiger partial charge in [-0.2, -0.15) is 0 Å². The molecule has 4 heteroatoms. The fourth-order valence-corrected chi connectivity index (χ4v) is 4.24. The molecule has 1 N–H and O–H groups in total. The Hall–Kier alpha value is -1.84. The third-order valence-electron chi connectivity index (χ3n) is 5.79. The van der Waals surface area contributed by atoms with Crippen molar-refractivity contribution in [1.29, 1.82) is 0 Å². The maximum atomic E-state index is 12.7. The zero-order valence-electron chi connectivity index (χ0n) is 15.2. The van der Waals surface area contributed by atoms with E-state index >= 15 is 0 Å². The SMILES string of the molecule is CN(Cc1ccccc1)C(=O)C1CCC(C(=O)NC2CCCC2)CC1. The summed E-state index contributed by atoms with van der Waals surface area (Å²) in [5.74, 6) is 0.613. The van der Waals surface area contributed by atoms with E-state index in [-0.39, 0.29) is 23.7 Å². The summed E-state index contributed by atoms with van der Waals surface area (Å²) in [6, 6.07) is 10.5. The lowest BCUT2D eigenvalue weighted by Crippen LogP contribution is -2.40. The van der Waals surface area contributed by atoms with Gasteiger partial charge in [0.1, 0.15) is 0 Å². The molecule has 2 aliphatic rings. The smallest absolute Gasteiger partial charge is 0.225 e. The van der Waals surface area contributed by atoms with Crippen LogP contribution < -0.4 is 5.32 Å². The average Bonchev–Trinajstić information content (AvgIpc) is 3.15. The molecular weight excluding hydrogens is 312 g/mol. The Balaban J connectivity index is 1.44. The summed E-state index contributed by atoms with van der Waals surface area (Å²) in [6.07, 6.45) is 8.08. The average molecular weight is 342 g/mol. The molecule has 4 nitrogen and oxygen atoms in total. The van der Waals surface area contributed by atoms with Crippen molar-refractivity contribution in [3.8, 4) is 0 Å². The minimum Gasteiger partial charge on any atom is -0.353 e. The number of hydrogen-bond donors (Lipinski definition) is 1. The van der Waals surface area contributed by atoms with E-state index in [1.165, 1.54) is 12.8 Å². The van der Waals surface area contributed by atoms with Crippen LogP contribution in [0.15, 0.2) is 30.3 Å². The quantitative estimate of drug-likeness (QED) is 0.890. The lowest BCUT2D eigenvalue weighted by molar-refractivity contribution is -0.137. The van der Waals surface area contributed by atoms with Crippen LogP contribution in [-0.4, -0.2) is 29.8 Å². The standard InChI is InChI=1S/C21H30N2O2/c1-23(15-16-7-3-2-4-8-16)21(25)18-13-11-17(12-14-18)20(24)22-19-9-5-6-10-19/h2-4,7-8,17-19H,5-6,9-15H2,1H3,(H,22,24). The number of nitrogens with zero attached hydrogens (tertiary/aromatic N) is 1. The van der Waals surface area contributed by atoms with E-state index in [2.05, 4.69) is 5.32 Å². The molecule has 0 unspecified atom stereocenters. The van der Waals surface area contributed by atoms with Crippen LogP contribution in [0.25, 0.3) is 0 Å². The fourth-order valence-electron chi connectivity index (χ4n) is 4.24. The van der Waals surface area contributed by atoms with E-state index in [9.17, 15) is 9.59 Å². The first-order valence-corrected chi connectivity index (χ1v) is 9.73. The van der Waals surface area contributed by atoms with E-state index in [1.807, 2.05) is 42.3 Å². The monoisotopic (exact) mass is 342 g/mol. The van der Waals surface area contributed by atoms with Crippen molar-refractivity contribution < 1.29 is 9.59 Å². The van der Waals surface area contributed by atoms with Gasteiger partial charge in [-0.05, 0) is 44.1 Å². The number of hydrogen-bond acceptors (Lipinski definition) is 2. The van der Waals surface area contributed by atoms with Gasteiger partial charge in [0.05, 0.1) is 0 Å². The van der Waals surface area contributed by atoms with Crippen molar-refractivity contribution in [2.45, 2.75) is 64.0 Å². The predicted molar refractivity (Wildman–Crippen MR) is 98.8 cm³/mol. The molecule has 0 atom stereocenters. The van der Waals surface area contributed by atoms with Crippen molar-refractivity contribution in [2.24, 2.45) is 11.8 Å². The summed E-state index contributed by atoms with van der Waals surface area (Å²) in [7, 11) is 1.88. The Bertz CT molecular complexity index is 573. The number of nitrogens with one attached hydrogen (secondary N) is 1. The van der Waals surface area contributed by atoms with Crippen molar-refractivity contribution in [3.63, 3.8) is 0 Å². The number of carbonyl (C=O) groups is 2. The molecule has 1 aromatic rings. The molecule has 2 fully saturated rings. The van der Waals surface area contributed by atoms with Crippen LogP contribution in [0.4, 0.5) is 0 Å². The first-order chi connectivity index (χ1) is 12.1. The first kappa shape index (κ1) is 18.0. The fraction of sp³-hybridized carbons (Fsp3) is 0.619. The number of benzene rings is 1. The Morgan fingerprint density at radius 2 is 1.56 bits per heavy atom. The largest absolute Gasteiger partial charge is 0.353 e. The van der Waals surface area contributed by atoms with Gasteiger partial charge in [0.2, 0.25) is 11.8 Å². The van der Waals surface area contributed by atoms with Crippen LogP contribution in [0, 0.1) is 11.8 Å². The summed E-state index contributed by atoms with van der Waals surface area (Å²) < 4.78 is 0. The molecule has 1 aromatic carbocycles. The van der Waals surface area contributed by atoms with Gasteiger partial charge in [0, 0.05) is 31.5 Å². The van der Waals surface area contributed by atoms with Gasteiger partial charge in [-0.15, -0.1) is 0 Å². The summed E-state index contributed by atoms with van der Waals surface area (Å²) in [4.78, 5) is 26.9. The van der Waals surface area contributed by atoms with E-state index < -0.39 is 0 Å². The van der Waals surface area contributed by atoms with Crippen molar-refractivity contribution in [2.75, 3.05) is 7.05 Å². The number of carbonyl (C=O) groups excluding carboxylic acids is 2. The molecule has 0 spiro atoms. The van der Waals surface area contributed by atoms with E-state index in [1.54, 1.807) is 0 Å². The van der Waals surface area contributed by atoms with E-state index in [0.29, 0.717) is 12.6 Å². The summed E-state index contributed by atoms with van der Waals surface area (Å²) in [5.41, 5.74) is 1.16. The van der Waals surface area contributed by atoms with Crippen LogP contribution in [0.2, 0.25) is 0 Å². The third-order valence-corrected chi connectivity index (χ3v) is 5.79. The molecule has 25 heavy (non-hydrogen) atoms. The molecule has 2 amide bonds. The third kappa shape index (κ3) is 4.83. The Labute approximate surface area is 151 Å². The highest BCUT2D eigenvalue weighted by molar-refractivity contribution is 5.81. The molecule has 2 saturated carbocycles. The second-order valence-electron chi connectivity index (χ2n) is 7.72. The van der Waals surface area contributed by atoms with E-state index in [4.69, 9.17) is 0 Å². The summed E-state index contributed by atoms with van der Waals surface area (Å²) >= 11 is 0. The van der Waals surface area contributed by atoms with Gasteiger partial charge < -0.3 is 10.2 Å². The molecule has 0 aromatic heterocycles. The Kier molecular flexibility index (Phi) is 6.11. The van der Waals surface area contributed by atoms with Gasteiger partial charge >= 0.3 is 0 Å². The summed E-state index contributed by atoms with van der Waals surface area (Å²) in [6.45, 7) is 0.655. The molecule has 2 aliphatic carbocycles. The maximum Gasteiger partial charge on any atom is 0.225 e. The minimum absolute atomic E-state index is 0.0734. The lowest BCUT2D eigenvalue weighted by Gasteiger charge is -2.30. The molecule has 3 rings (SSSR count).